The maximum absolute atomic E-state index is 12.7. The van der Waals surface area contributed by atoms with Gasteiger partial charge in [-0.05, 0) is 24.3 Å². The Morgan fingerprint density at radius 2 is 1.92 bits per heavy atom. The van der Waals surface area contributed by atoms with Gasteiger partial charge in [-0.15, -0.1) is 0 Å². The van der Waals surface area contributed by atoms with Crippen LogP contribution >= 0.6 is 15.9 Å². The van der Waals surface area contributed by atoms with Crippen molar-refractivity contribution < 1.29 is 34.3 Å². The number of nitrogens with zero attached hydrogens (tertiary/aromatic N) is 1. The summed E-state index contributed by atoms with van der Waals surface area (Å²) in [7, 11) is 0. The summed E-state index contributed by atoms with van der Waals surface area (Å²) in [6, 6.07) is 7.78. The van der Waals surface area contributed by atoms with E-state index in [1.54, 1.807) is 24.3 Å². The van der Waals surface area contributed by atoms with E-state index in [2.05, 4.69) is 26.2 Å². The zero-order valence-corrected chi connectivity index (χ0v) is 20.5. The second-order valence-corrected chi connectivity index (χ2v) is 9.45. The summed E-state index contributed by atoms with van der Waals surface area (Å²) < 4.78 is 19.2. The number of nitrogens with two attached hydrogens (primary N) is 1. The second kappa shape index (κ2) is 11.3. The number of halogens is 1. The van der Waals surface area contributed by atoms with Crippen LogP contribution in [0.15, 0.2) is 50.6 Å². The number of amides is 1. The Balaban J connectivity index is 1.52. The minimum atomic E-state index is -1.41. The molecule has 196 valence electrons. The molecule has 0 bridgehead atoms. The Morgan fingerprint density at radius 1 is 1.19 bits per heavy atom. The Hall–Kier alpha value is -2.43. The number of carbonyl (C=O) groups excluding carboxylic acids is 1. The van der Waals surface area contributed by atoms with Crippen LogP contribution in [0.25, 0.3) is 0 Å². The van der Waals surface area contributed by atoms with Gasteiger partial charge >= 0.3 is 5.69 Å². The fraction of sp³-hybridized carbons (Fsp3) is 0.500. The zero-order chi connectivity index (χ0) is 26.0. The number of aliphatic hydroxyl groups is 3. The van der Waals surface area contributed by atoms with E-state index in [4.69, 9.17) is 19.9 Å². The summed E-state index contributed by atoms with van der Waals surface area (Å²) >= 11 is 3.31. The van der Waals surface area contributed by atoms with E-state index in [1.165, 1.54) is 6.20 Å². The van der Waals surface area contributed by atoms with Crippen molar-refractivity contribution in [3.05, 3.63) is 67.4 Å². The third-order valence-electron chi connectivity index (χ3n) is 6.09. The molecule has 1 aromatic carbocycles. The highest BCUT2D eigenvalue weighted by molar-refractivity contribution is 9.10. The van der Waals surface area contributed by atoms with Gasteiger partial charge < -0.3 is 40.6 Å². The van der Waals surface area contributed by atoms with Crippen molar-refractivity contribution >= 4 is 21.8 Å². The van der Waals surface area contributed by atoms with Gasteiger partial charge in [0.15, 0.2) is 12.5 Å². The maximum atomic E-state index is 12.7. The number of aromatic amines is 1. The molecule has 7 N–H and O–H groups in total. The first kappa shape index (κ1) is 26.6. The first-order chi connectivity index (χ1) is 17.2. The number of aromatic nitrogens is 2. The Bertz CT molecular complexity index is 1170. The average molecular weight is 571 g/mol. The maximum Gasteiger partial charge on any atom is 0.330 e. The van der Waals surface area contributed by atoms with Crippen LogP contribution in [-0.4, -0.2) is 86.8 Å². The molecule has 13 nitrogen and oxygen atoms in total. The van der Waals surface area contributed by atoms with Gasteiger partial charge in [-0.1, -0.05) is 15.9 Å². The number of H-pyrrole nitrogens is 1. The largest absolute Gasteiger partial charge is 0.388 e. The fourth-order valence-electron chi connectivity index (χ4n) is 4.16. The predicted octanol–water partition coefficient (Wildman–Crippen LogP) is -1.83. The summed E-state index contributed by atoms with van der Waals surface area (Å²) in [6.07, 6.45) is -7.73. The third kappa shape index (κ3) is 5.76. The Morgan fingerprint density at radius 3 is 2.56 bits per heavy atom. The van der Waals surface area contributed by atoms with Crippen LogP contribution in [0.1, 0.15) is 23.0 Å². The molecular formula is C22H27BrN4O9. The summed E-state index contributed by atoms with van der Waals surface area (Å²) in [5.74, 6) is -0.407. The molecule has 0 aliphatic carbocycles. The molecule has 2 aliphatic rings. The molecular weight excluding hydrogens is 544 g/mol. The summed E-state index contributed by atoms with van der Waals surface area (Å²) in [5, 5.41) is 33.8. The minimum Gasteiger partial charge on any atom is -0.388 e. The molecule has 2 saturated heterocycles. The van der Waals surface area contributed by atoms with Crippen molar-refractivity contribution in [3.8, 4) is 0 Å². The summed E-state index contributed by atoms with van der Waals surface area (Å²) in [5.41, 5.74) is 4.59. The van der Waals surface area contributed by atoms with Gasteiger partial charge in [0.25, 0.3) is 11.5 Å². The molecule has 1 amide bonds. The van der Waals surface area contributed by atoms with E-state index in [9.17, 15) is 29.7 Å². The number of benzene rings is 1. The number of nitrogens with one attached hydrogen (secondary N) is 2. The molecule has 2 aliphatic heterocycles. The van der Waals surface area contributed by atoms with Crippen LogP contribution in [0.2, 0.25) is 0 Å². The lowest BCUT2D eigenvalue weighted by Crippen LogP contribution is -2.45. The highest BCUT2D eigenvalue weighted by Crippen LogP contribution is 2.32. The second-order valence-electron chi connectivity index (χ2n) is 8.54. The lowest BCUT2D eigenvalue weighted by molar-refractivity contribution is -0.212. The van der Waals surface area contributed by atoms with E-state index in [0.717, 1.165) is 15.1 Å². The van der Waals surface area contributed by atoms with Crippen molar-refractivity contribution in [2.75, 3.05) is 13.1 Å². The molecule has 0 unspecified atom stereocenters. The third-order valence-corrected chi connectivity index (χ3v) is 6.62. The Labute approximate surface area is 212 Å². The topological polar surface area (TPSA) is 198 Å². The fourth-order valence-corrected chi connectivity index (χ4v) is 4.42. The van der Waals surface area contributed by atoms with Crippen LogP contribution in [0.3, 0.4) is 0 Å². The number of hydrogen-bond donors (Lipinski definition) is 6. The first-order valence-corrected chi connectivity index (χ1v) is 12.0. The van der Waals surface area contributed by atoms with E-state index < -0.39 is 66.3 Å². The molecule has 2 fully saturated rings. The molecule has 0 radical (unpaired) electrons. The summed E-state index contributed by atoms with van der Waals surface area (Å²) in [4.78, 5) is 38.4. The van der Waals surface area contributed by atoms with Crippen LogP contribution < -0.4 is 22.3 Å². The van der Waals surface area contributed by atoms with Gasteiger partial charge in [0, 0.05) is 41.8 Å². The van der Waals surface area contributed by atoms with E-state index in [1.807, 2.05) is 0 Å². The monoisotopic (exact) mass is 570 g/mol. The van der Waals surface area contributed by atoms with Crippen LogP contribution in [0, 0.1) is 0 Å². The van der Waals surface area contributed by atoms with Gasteiger partial charge in [-0.2, -0.15) is 0 Å². The smallest absolute Gasteiger partial charge is 0.330 e. The van der Waals surface area contributed by atoms with Crippen molar-refractivity contribution in [2.45, 2.75) is 55.6 Å². The molecule has 2 aromatic rings. The molecule has 0 saturated carbocycles. The molecule has 4 rings (SSSR count). The lowest BCUT2D eigenvalue weighted by Gasteiger charge is -2.28. The number of hydrogen-bond acceptors (Lipinski definition) is 10. The molecule has 0 spiro atoms. The molecule has 36 heavy (non-hydrogen) atoms. The molecule has 14 heteroatoms. The lowest BCUT2D eigenvalue weighted by atomic mass is 10.1. The van der Waals surface area contributed by atoms with Gasteiger partial charge in [-0.3, -0.25) is 19.1 Å². The number of rotatable bonds is 8. The average Bonchev–Trinajstić information content (AvgIpc) is 3.36. The van der Waals surface area contributed by atoms with E-state index in [0.29, 0.717) is 5.56 Å². The van der Waals surface area contributed by atoms with Gasteiger partial charge in [-0.25, -0.2) is 4.79 Å². The highest BCUT2D eigenvalue weighted by atomic mass is 79.9. The molecule has 3 heterocycles. The molecule has 1 aromatic heterocycles. The number of aliphatic hydroxyl groups excluding tert-OH is 3. The van der Waals surface area contributed by atoms with Gasteiger partial charge in [0.1, 0.15) is 30.5 Å². The number of carbonyl (C=O) groups is 1. The highest BCUT2D eigenvalue weighted by Gasteiger charge is 2.47. The SMILES string of the molecule is NC[C@H]1O[C@@H](O[C@@H](CNC(=O)c2ccc(Br)cc2)[C@@H]2C[C@@H](O)[C@H](n3ccc(=O)[nH]c3=O)O2)[C@H](O)[C@@H]1O. The van der Waals surface area contributed by atoms with Crippen molar-refractivity contribution in [2.24, 2.45) is 5.73 Å². The number of ether oxygens (including phenoxy) is 3. The minimum absolute atomic E-state index is 0.000734. The zero-order valence-electron chi connectivity index (χ0n) is 18.9. The van der Waals surface area contributed by atoms with E-state index >= 15 is 0 Å². The first-order valence-electron chi connectivity index (χ1n) is 11.2. The van der Waals surface area contributed by atoms with E-state index in [-0.39, 0.29) is 19.5 Å². The normalized spacial score (nSPS) is 30.9. The van der Waals surface area contributed by atoms with Gasteiger partial charge in [0.2, 0.25) is 0 Å². The molecule has 8 atom stereocenters. The standard InChI is InChI=1S/C22H27BrN4O9/c23-11-3-1-10(2-4-11)19(32)25-9-15(36-21-18(31)17(30)14(8-24)35-21)13-7-12(28)20(34-13)27-6-5-16(29)26-22(27)33/h1-6,12-15,17-18,20-21,28,30-31H,7-9,24H2,(H,25,32)(H,26,29,33)/t12-,13+,14-,15+,17-,18-,20-,21+/m1/s1. The van der Waals surface area contributed by atoms with Crippen molar-refractivity contribution in [1.29, 1.82) is 0 Å². The van der Waals surface area contributed by atoms with Crippen molar-refractivity contribution in [3.63, 3.8) is 0 Å². The van der Waals surface area contributed by atoms with Crippen LogP contribution in [-0.2, 0) is 14.2 Å². The summed E-state index contributed by atoms with van der Waals surface area (Å²) in [6.45, 7) is -0.172. The Kier molecular flexibility index (Phi) is 8.37. The quantitative estimate of drug-likeness (QED) is 0.210. The van der Waals surface area contributed by atoms with Crippen LogP contribution in [0.5, 0.6) is 0 Å². The van der Waals surface area contributed by atoms with Crippen LogP contribution in [0.4, 0.5) is 0 Å². The van der Waals surface area contributed by atoms with Crippen molar-refractivity contribution in [1.82, 2.24) is 14.9 Å². The van der Waals surface area contributed by atoms with Gasteiger partial charge in [0.05, 0.1) is 6.10 Å². The predicted molar refractivity (Wildman–Crippen MR) is 127 cm³/mol.